The zero-order valence-electron chi connectivity index (χ0n) is 17.3. The molecule has 0 fully saturated rings. The van der Waals surface area contributed by atoms with Gasteiger partial charge in [-0.05, 0) is 41.0 Å². The van der Waals surface area contributed by atoms with Crippen LogP contribution in [-0.2, 0) is 4.74 Å². The third kappa shape index (κ3) is 5.68. The molecule has 0 spiro atoms. The third-order valence-electron chi connectivity index (χ3n) is 4.40. The van der Waals surface area contributed by atoms with Crippen LogP contribution < -0.4 is 10.5 Å². The van der Waals surface area contributed by atoms with Crippen molar-refractivity contribution >= 4 is 17.7 Å². The van der Waals surface area contributed by atoms with Crippen LogP contribution in [0.25, 0.3) is 11.4 Å². The number of pyridine rings is 1. The van der Waals surface area contributed by atoms with Crippen molar-refractivity contribution in [3.8, 4) is 23.0 Å². The summed E-state index contributed by atoms with van der Waals surface area (Å²) in [6.07, 6.45) is -0.414. The monoisotopic (exact) mass is 446 g/mol. The number of primary amides is 1. The summed E-state index contributed by atoms with van der Waals surface area (Å²) < 4.78 is 10.7. The molecule has 2 aromatic heterocycles. The number of aliphatic hydroxyl groups excluding tert-OH is 1. The molecule has 0 aliphatic rings. The minimum atomic E-state index is -0.987. The number of tetrazole rings is 1. The Morgan fingerprint density at radius 3 is 2.48 bits per heavy atom. The van der Waals surface area contributed by atoms with Crippen molar-refractivity contribution in [1.82, 2.24) is 25.2 Å². The maximum Gasteiger partial charge on any atom is 0.404 e. The van der Waals surface area contributed by atoms with Gasteiger partial charge in [0.2, 0.25) is 11.7 Å². The first-order valence-electron chi connectivity index (χ1n) is 9.43. The fraction of sp³-hybridized carbons (Fsp3) is 0.350. The third-order valence-corrected chi connectivity index (χ3v) is 4.62. The van der Waals surface area contributed by atoms with Crippen molar-refractivity contribution in [3.05, 3.63) is 47.6 Å². The smallest absolute Gasteiger partial charge is 0.404 e. The van der Waals surface area contributed by atoms with Crippen LogP contribution in [0.3, 0.4) is 0 Å². The quantitative estimate of drug-likeness (QED) is 0.564. The van der Waals surface area contributed by atoms with Gasteiger partial charge in [-0.2, -0.15) is 4.80 Å². The first kappa shape index (κ1) is 22.4. The molecular weight excluding hydrogens is 424 g/mol. The topological polar surface area (TPSA) is 138 Å². The number of rotatable bonds is 7. The molecule has 164 valence electrons. The van der Waals surface area contributed by atoms with Crippen LogP contribution in [0.4, 0.5) is 4.79 Å². The maximum absolute atomic E-state index is 11.2. The lowest BCUT2D eigenvalue weighted by atomic mass is 9.84. The number of ether oxygens (including phenoxy) is 2. The van der Waals surface area contributed by atoms with Gasteiger partial charge in [-0.1, -0.05) is 32.4 Å². The Morgan fingerprint density at radius 1 is 1.23 bits per heavy atom. The van der Waals surface area contributed by atoms with Crippen LogP contribution in [0.5, 0.6) is 11.6 Å². The zero-order valence-corrected chi connectivity index (χ0v) is 18.0. The molecule has 10 nitrogen and oxygen atoms in total. The van der Waals surface area contributed by atoms with Crippen molar-refractivity contribution in [2.45, 2.75) is 32.9 Å². The lowest BCUT2D eigenvalue weighted by Crippen LogP contribution is -2.42. The highest BCUT2D eigenvalue weighted by Crippen LogP contribution is 2.34. The molecular formula is C20H23ClN6O4. The molecule has 0 saturated carbocycles. The highest BCUT2D eigenvalue weighted by atomic mass is 35.5. The van der Waals surface area contributed by atoms with Gasteiger partial charge in [-0.3, -0.25) is 0 Å². The lowest BCUT2D eigenvalue weighted by Gasteiger charge is -2.33. The summed E-state index contributed by atoms with van der Waals surface area (Å²) in [5.41, 5.74) is 5.37. The zero-order chi connectivity index (χ0) is 22.6. The van der Waals surface area contributed by atoms with E-state index >= 15 is 0 Å². The maximum atomic E-state index is 11.2. The first-order chi connectivity index (χ1) is 14.7. The Kier molecular flexibility index (Phi) is 6.71. The number of nitrogens with two attached hydrogens (primary N) is 1. The van der Waals surface area contributed by atoms with E-state index in [0.29, 0.717) is 28.0 Å². The summed E-state index contributed by atoms with van der Waals surface area (Å²) in [7, 11) is 0. The van der Waals surface area contributed by atoms with E-state index in [1.165, 1.54) is 11.0 Å². The number of hydrogen-bond acceptors (Lipinski definition) is 8. The molecule has 3 N–H and O–H groups in total. The standard InChI is InChI=1S/C20H23ClN6O4/c1-20(2,3)17(15(11-28)31-19(22)29)27-25-18(24-26-27)12-4-7-14(8-5-12)30-16-9-6-13(21)10-23-16/h4-10,15,17,28H,11H2,1-3H3,(H2,22,29). The number of carbonyl (C=O) groups is 1. The number of nitrogens with zero attached hydrogens (tertiary/aromatic N) is 5. The molecule has 11 heteroatoms. The molecule has 2 atom stereocenters. The molecule has 1 aromatic carbocycles. The van der Waals surface area contributed by atoms with Crippen LogP contribution in [0, 0.1) is 5.41 Å². The van der Waals surface area contributed by atoms with Crippen LogP contribution >= 0.6 is 11.6 Å². The Bertz CT molecular complexity index is 1020. The summed E-state index contributed by atoms with van der Waals surface area (Å²) in [5.74, 6) is 1.36. The molecule has 3 rings (SSSR count). The van der Waals surface area contributed by atoms with E-state index in [1.807, 2.05) is 20.8 Å². The van der Waals surface area contributed by atoms with Crippen molar-refractivity contribution in [2.75, 3.05) is 6.61 Å². The number of aromatic nitrogens is 5. The van der Waals surface area contributed by atoms with E-state index in [-0.39, 0.29) is 0 Å². The van der Waals surface area contributed by atoms with Crippen molar-refractivity contribution in [2.24, 2.45) is 11.1 Å². The van der Waals surface area contributed by atoms with Gasteiger partial charge in [-0.15, -0.1) is 10.2 Å². The lowest BCUT2D eigenvalue weighted by molar-refractivity contribution is -0.0136. The first-order valence-corrected chi connectivity index (χ1v) is 9.81. The average Bonchev–Trinajstić information content (AvgIpc) is 3.17. The predicted molar refractivity (Wildman–Crippen MR) is 113 cm³/mol. The minimum Gasteiger partial charge on any atom is -0.442 e. The predicted octanol–water partition coefficient (Wildman–Crippen LogP) is 3.22. The molecule has 2 heterocycles. The SMILES string of the molecule is CC(C)(C)C(C(CO)OC(N)=O)n1nnc(-c2ccc(Oc3ccc(Cl)cn3)cc2)n1. The van der Waals surface area contributed by atoms with Gasteiger partial charge in [0.25, 0.3) is 0 Å². The molecule has 0 radical (unpaired) electrons. The molecule has 31 heavy (non-hydrogen) atoms. The molecule has 3 aromatic rings. The number of benzene rings is 1. The van der Waals surface area contributed by atoms with E-state index < -0.39 is 30.3 Å². The molecule has 0 bridgehead atoms. The molecule has 0 aliphatic carbocycles. The van der Waals surface area contributed by atoms with E-state index in [0.717, 1.165) is 0 Å². The van der Waals surface area contributed by atoms with Crippen molar-refractivity contribution in [3.63, 3.8) is 0 Å². The molecule has 2 unspecified atom stereocenters. The minimum absolute atomic E-state index is 0.362. The van der Waals surface area contributed by atoms with Gasteiger partial charge in [-0.25, -0.2) is 9.78 Å². The van der Waals surface area contributed by atoms with Gasteiger partial charge >= 0.3 is 6.09 Å². The Balaban J connectivity index is 1.81. The fourth-order valence-electron chi connectivity index (χ4n) is 3.08. The molecule has 0 aliphatic heterocycles. The van der Waals surface area contributed by atoms with Crippen molar-refractivity contribution < 1.29 is 19.4 Å². The van der Waals surface area contributed by atoms with Gasteiger partial charge in [0.15, 0.2) is 6.10 Å². The second-order valence-corrected chi connectivity index (χ2v) is 8.28. The Labute approximate surface area is 183 Å². The normalized spacial score (nSPS) is 13.5. The largest absolute Gasteiger partial charge is 0.442 e. The number of carbonyl (C=O) groups excluding carboxylic acids is 1. The number of amides is 1. The van der Waals surface area contributed by atoms with Gasteiger partial charge in [0.1, 0.15) is 11.8 Å². The average molecular weight is 447 g/mol. The molecule has 1 amide bonds. The Morgan fingerprint density at radius 2 is 1.94 bits per heavy atom. The summed E-state index contributed by atoms with van der Waals surface area (Å²) in [4.78, 5) is 16.7. The van der Waals surface area contributed by atoms with Crippen LogP contribution in [0.2, 0.25) is 5.02 Å². The molecule has 0 saturated heterocycles. The van der Waals surface area contributed by atoms with Crippen molar-refractivity contribution in [1.29, 1.82) is 0 Å². The Hall–Kier alpha value is -3.24. The van der Waals surface area contributed by atoms with E-state index in [2.05, 4.69) is 20.4 Å². The number of hydrogen-bond donors (Lipinski definition) is 2. The van der Waals surface area contributed by atoms with Gasteiger partial charge in [0.05, 0.1) is 11.6 Å². The van der Waals surface area contributed by atoms with Crippen LogP contribution in [0.1, 0.15) is 26.8 Å². The summed E-state index contributed by atoms with van der Waals surface area (Å²) in [5, 5.41) is 22.9. The summed E-state index contributed by atoms with van der Waals surface area (Å²) in [6, 6.07) is 9.82. The van der Waals surface area contributed by atoms with Crippen LogP contribution in [0.15, 0.2) is 42.6 Å². The summed E-state index contributed by atoms with van der Waals surface area (Å²) in [6.45, 7) is 5.28. The van der Waals surface area contributed by atoms with Gasteiger partial charge in [0, 0.05) is 17.8 Å². The van der Waals surface area contributed by atoms with E-state index in [4.69, 9.17) is 26.8 Å². The highest BCUT2D eigenvalue weighted by molar-refractivity contribution is 6.30. The van der Waals surface area contributed by atoms with E-state index in [1.54, 1.807) is 36.4 Å². The second-order valence-electron chi connectivity index (χ2n) is 7.84. The number of halogens is 1. The van der Waals surface area contributed by atoms with Gasteiger partial charge < -0.3 is 20.3 Å². The summed E-state index contributed by atoms with van der Waals surface area (Å²) >= 11 is 5.82. The van der Waals surface area contributed by atoms with Crippen LogP contribution in [-0.4, -0.2) is 49.1 Å². The number of aliphatic hydroxyl groups is 1. The second kappa shape index (κ2) is 9.27. The highest BCUT2D eigenvalue weighted by Gasteiger charge is 2.38. The fourth-order valence-corrected chi connectivity index (χ4v) is 3.19. The van der Waals surface area contributed by atoms with E-state index in [9.17, 15) is 9.90 Å².